The minimum atomic E-state index is -0.827. The van der Waals surface area contributed by atoms with E-state index in [1.807, 2.05) is 19.1 Å². The van der Waals surface area contributed by atoms with Crippen molar-refractivity contribution in [2.45, 2.75) is 32.6 Å². The van der Waals surface area contributed by atoms with Crippen LogP contribution in [-0.4, -0.2) is 24.2 Å². The number of rotatable bonds is 3. The van der Waals surface area contributed by atoms with E-state index in [1.54, 1.807) is 6.07 Å². The minimum absolute atomic E-state index is 0.438. The van der Waals surface area contributed by atoms with Gasteiger partial charge < -0.3 is 10.0 Å². The largest absolute Gasteiger partial charge is 0.478 e. The van der Waals surface area contributed by atoms with Gasteiger partial charge in [-0.2, -0.15) is 0 Å². The van der Waals surface area contributed by atoms with Crippen LogP contribution in [0.25, 0.3) is 0 Å². The van der Waals surface area contributed by atoms with Crippen LogP contribution in [0.3, 0.4) is 0 Å². The summed E-state index contributed by atoms with van der Waals surface area (Å²) < 4.78 is 0. The number of piperidine rings is 1. The average Bonchev–Trinajstić information content (AvgIpc) is 2.39. The number of anilines is 1. The summed E-state index contributed by atoms with van der Waals surface area (Å²) in [7, 11) is 0. The Morgan fingerprint density at radius 3 is 2.59 bits per heavy atom. The Kier molecular flexibility index (Phi) is 3.67. The molecule has 1 aromatic carbocycles. The van der Waals surface area contributed by atoms with Crippen molar-refractivity contribution in [1.82, 2.24) is 0 Å². The fraction of sp³-hybridized carbons (Fsp3) is 0.500. The summed E-state index contributed by atoms with van der Waals surface area (Å²) in [4.78, 5) is 13.4. The molecule has 3 nitrogen and oxygen atoms in total. The van der Waals surface area contributed by atoms with E-state index in [2.05, 4.69) is 4.90 Å². The molecule has 0 saturated carbocycles. The van der Waals surface area contributed by atoms with Crippen LogP contribution in [0.1, 0.15) is 42.1 Å². The number of carboxylic acids is 1. The molecule has 1 saturated heterocycles. The number of aryl methyl sites for hydroxylation is 1. The molecular weight excluding hydrogens is 214 g/mol. The molecular formula is C14H19NO2. The first-order valence-electron chi connectivity index (χ1n) is 6.33. The molecule has 1 heterocycles. The van der Waals surface area contributed by atoms with Crippen LogP contribution in [0.4, 0.5) is 5.69 Å². The summed E-state index contributed by atoms with van der Waals surface area (Å²) in [5.74, 6) is -0.827. The van der Waals surface area contributed by atoms with E-state index < -0.39 is 5.97 Å². The normalized spacial score (nSPS) is 15.9. The van der Waals surface area contributed by atoms with Crippen molar-refractivity contribution in [1.29, 1.82) is 0 Å². The minimum Gasteiger partial charge on any atom is -0.478 e. The topological polar surface area (TPSA) is 40.5 Å². The fourth-order valence-electron chi connectivity index (χ4n) is 2.43. The molecule has 92 valence electrons. The van der Waals surface area contributed by atoms with Crippen LogP contribution in [0, 0.1) is 0 Å². The molecule has 1 N–H and O–H groups in total. The predicted molar refractivity (Wildman–Crippen MR) is 68.8 cm³/mol. The molecule has 0 spiro atoms. The van der Waals surface area contributed by atoms with Crippen LogP contribution < -0.4 is 4.90 Å². The number of aromatic carboxylic acids is 1. The molecule has 1 fully saturated rings. The van der Waals surface area contributed by atoms with Gasteiger partial charge in [0.2, 0.25) is 0 Å². The third-order valence-electron chi connectivity index (χ3n) is 3.42. The second-order valence-electron chi connectivity index (χ2n) is 4.55. The average molecular weight is 233 g/mol. The van der Waals surface area contributed by atoms with Crippen molar-refractivity contribution in [3.05, 3.63) is 29.3 Å². The molecule has 17 heavy (non-hydrogen) atoms. The van der Waals surface area contributed by atoms with Crippen LogP contribution in [0.15, 0.2) is 18.2 Å². The first-order chi connectivity index (χ1) is 8.22. The van der Waals surface area contributed by atoms with Crippen molar-refractivity contribution in [2.24, 2.45) is 0 Å². The summed E-state index contributed by atoms with van der Waals surface area (Å²) in [5.41, 5.74) is 2.54. The molecule has 3 heteroatoms. The Morgan fingerprint density at radius 1 is 1.29 bits per heavy atom. The molecule has 0 amide bonds. The molecule has 0 unspecified atom stereocenters. The van der Waals surface area contributed by atoms with Crippen LogP contribution in [0.2, 0.25) is 0 Å². The van der Waals surface area contributed by atoms with Crippen LogP contribution in [-0.2, 0) is 6.42 Å². The molecule has 1 aromatic rings. The van der Waals surface area contributed by atoms with E-state index in [-0.39, 0.29) is 0 Å². The number of nitrogens with zero attached hydrogens (tertiary/aromatic N) is 1. The van der Waals surface area contributed by atoms with E-state index in [0.717, 1.165) is 25.1 Å². The Bertz CT molecular complexity index is 409. The molecule has 1 aliphatic rings. The van der Waals surface area contributed by atoms with Crippen molar-refractivity contribution in [3.8, 4) is 0 Å². The lowest BCUT2D eigenvalue weighted by Gasteiger charge is -2.29. The van der Waals surface area contributed by atoms with Gasteiger partial charge in [0, 0.05) is 18.8 Å². The summed E-state index contributed by atoms with van der Waals surface area (Å²) in [6.07, 6.45) is 4.55. The van der Waals surface area contributed by atoms with Gasteiger partial charge in [-0.25, -0.2) is 4.79 Å². The highest BCUT2D eigenvalue weighted by atomic mass is 16.4. The summed E-state index contributed by atoms with van der Waals surface area (Å²) in [5, 5.41) is 9.08. The van der Waals surface area contributed by atoms with Gasteiger partial charge in [0.1, 0.15) is 0 Å². The van der Waals surface area contributed by atoms with Gasteiger partial charge in [0.15, 0.2) is 0 Å². The maximum absolute atomic E-state index is 11.1. The Morgan fingerprint density at radius 2 is 2.00 bits per heavy atom. The number of carbonyl (C=O) groups is 1. The monoisotopic (exact) mass is 233 g/mol. The highest BCUT2D eigenvalue weighted by Gasteiger charge is 2.14. The molecule has 2 rings (SSSR count). The van der Waals surface area contributed by atoms with Crippen molar-refractivity contribution in [2.75, 3.05) is 18.0 Å². The molecule has 1 aliphatic heterocycles. The van der Waals surface area contributed by atoms with E-state index in [1.165, 1.54) is 24.9 Å². The van der Waals surface area contributed by atoms with E-state index in [0.29, 0.717) is 5.56 Å². The third-order valence-corrected chi connectivity index (χ3v) is 3.42. The standard InChI is InChI=1S/C14H19NO2/c1-2-11-10-12(6-7-13(11)14(16)17)15-8-4-3-5-9-15/h6-7,10H,2-5,8-9H2,1H3,(H,16,17). The molecule has 0 aliphatic carbocycles. The highest BCUT2D eigenvalue weighted by molar-refractivity contribution is 5.90. The van der Waals surface area contributed by atoms with Crippen molar-refractivity contribution < 1.29 is 9.90 Å². The zero-order chi connectivity index (χ0) is 12.3. The second-order valence-corrected chi connectivity index (χ2v) is 4.55. The quantitative estimate of drug-likeness (QED) is 0.872. The first kappa shape index (κ1) is 12.0. The first-order valence-corrected chi connectivity index (χ1v) is 6.33. The molecule has 0 bridgehead atoms. The summed E-state index contributed by atoms with van der Waals surface area (Å²) in [6.45, 7) is 4.19. The SMILES string of the molecule is CCc1cc(N2CCCCC2)ccc1C(=O)O. The number of hydrogen-bond acceptors (Lipinski definition) is 2. The van der Waals surface area contributed by atoms with E-state index >= 15 is 0 Å². The van der Waals surface area contributed by atoms with Crippen LogP contribution in [0.5, 0.6) is 0 Å². The number of carboxylic acid groups (broad SMARTS) is 1. The van der Waals surface area contributed by atoms with Gasteiger partial charge in [-0.15, -0.1) is 0 Å². The van der Waals surface area contributed by atoms with Gasteiger partial charge >= 0.3 is 5.97 Å². The Hall–Kier alpha value is -1.51. The van der Waals surface area contributed by atoms with E-state index in [9.17, 15) is 4.79 Å². The Labute approximate surface area is 102 Å². The summed E-state index contributed by atoms with van der Waals surface area (Å²) >= 11 is 0. The van der Waals surface area contributed by atoms with Gasteiger partial charge in [0.05, 0.1) is 5.56 Å². The fourth-order valence-corrected chi connectivity index (χ4v) is 2.43. The molecule has 0 radical (unpaired) electrons. The second kappa shape index (κ2) is 5.21. The van der Waals surface area contributed by atoms with E-state index in [4.69, 9.17) is 5.11 Å². The van der Waals surface area contributed by atoms with Gasteiger partial charge in [-0.3, -0.25) is 0 Å². The highest BCUT2D eigenvalue weighted by Crippen LogP contribution is 2.23. The zero-order valence-corrected chi connectivity index (χ0v) is 10.3. The van der Waals surface area contributed by atoms with Gasteiger partial charge in [-0.05, 0) is 49.4 Å². The van der Waals surface area contributed by atoms with Gasteiger partial charge in [0.25, 0.3) is 0 Å². The Balaban J connectivity index is 2.27. The van der Waals surface area contributed by atoms with Gasteiger partial charge in [-0.1, -0.05) is 6.92 Å². The zero-order valence-electron chi connectivity index (χ0n) is 10.3. The predicted octanol–water partition coefficient (Wildman–Crippen LogP) is 2.94. The molecule has 0 aromatic heterocycles. The van der Waals surface area contributed by atoms with Crippen molar-refractivity contribution in [3.63, 3.8) is 0 Å². The maximum Gasteiger partial charge on any atom is 0.335 e. The third kappa shape index (κ3) is 2.60. The summed E-state index contributed by atoms with van der Waals surface area (Å²) in [6, 6.07) is 5.72. The molecule has 0 atom stereocenters. The maximum atomic E-state index is 11.1. The smallest absolute Gasteiger partial charge is 0.335 e. The number of benzene rings is 1. The lowest BCUT2D eigenvalue weighted by atomic mass is 10.0. The number of hydrogen-bond donors (Lipinski definition) is 1. The van der Waals surface area contributed by atoms with Crippen LogP contribution >= 0.6 is 0 Å². The lowest BCUT2D eigenvalue weighted by Crippen LogP contribution is -2.29. The lowest BCUT2D eigenvalue weighted by molar-refractivity contribution is 0.0696. The van der Waals surface area contributed by atoms with Crippen molar-refractivity contribution >= 4 is 11.7 Å².